The molecule has 0 radical (unpaired) electrons. The molecule has 3 nitrogen and oxygen atoms in total. The normalized spacial score (nSPS) is 23.2. The summed E-state index contributed by atoms with van der Waals surface area (Å²) in [6.07, 6.45) is 4.20. The van der Waals surface area contributed by atoms with Crippen molar-refractivity contribution in [2.45, 2.75) is 25.3 Å². The van der Waals surface area contributed by atoms with Gasteiger partial charge in [0.05, 0.1) is 6.61 Å². The summed E-state index contributed by atoms with van der Waals surface area (Å²) in [5, 5.41) is 8.71. The summed E-state index contributed by atoms with van der Waals surface area (Å²) in [6.45, 7) is 4.17. The van der Waals surface area contributed by atoms with Gasteiger partial charge < -0.3 is 10.0 Å². The number of hydrogen-bond donors (Lipinski definition) is 1. The van der Waals surface area contributed by atoms with E-state index in [1.165, 1.54) is 0 Å². The standard InChI is InChI=1S/C9H15NO2/c1-2-3-8-4-5-9(12)10(8)6-7-11/h2,8,11H,1,3-7H2. The summed E-state index contributed by atoms with van der Waals surface area (Å²) in [4.78, 5) is 13.0. The van der Waals surface area contributed by atoms with Gasteiger partial charge in [-0.3, -0.25) is 4.79 Å². The number of β-amino-alcohol motifs (C(OH)–C–C–N with tert-alkyl or cyclic N) is 1. The van der Waals surface area contributed by atoms with Gasteiger partial charge in [-0.2, -0.15) is 0 Å². The van der Waals surface area contributed by atoms with Crippen molar-refractivity contribution in [3.8, 4) is 0 Å². The van der Waals surface area contributed by atoms with Crippen LogP contribution in [0.5, 0.6) is 0 Å². The van der Waals surface area contributed by atoms with Crippen molar-refractivity contribution in [1.29, 1.82) is 0 Å². The van der Waals surface area contributed by atoms with Gasteiger partial charge in [0, 0.05) is 19.0 Å². The lowest BCUT2D eigenvalue weighted by Crippen LogP contribution is -2.34. The molecule has 1 fully saturated rings. The number of aliphatic hydroxyl groups excluding tert-OH is 1. The molecule has 1 amide bonds. The third kappa shape index (κ3) is 1.85. The summed E-state index contributed by atoms with van der Waals surface area (Å²) < 4.78 is 0. The number of likely N-dealkylation sites (tertiary alicyclic amines) is 1. The number of nitrogens with zero attached hydrogens (tertiary/aromatic N) is 1. The molecule has 1 aliphatic heterocycles. The zero-order valence-corrected chi connectivity index (χ0v) is 7.20. The average Bonchev–Trinajstić information content (AvgIpc) is 2.37. The van der Waals surface area contributed by atoms with Crippen molar-refractivity contribution in [3.63, 3.8) is 0 Å². The Bertz CT molecular complexity index is 179. The Morgan fingerprint density at radius 1 is 1.75 bits per heavy atom. The third-order valence-electron chi connectivity index (χ3n) is 2.23. The minimum absolute atomic E-state index is 0.0549. The van der Waals surface area contributed by atoms with E-state index in [1.54, 1.807) is 4.90 Å². The van der Waals surface area contributed by atoms with E-state index in [0.717, 1.165) is 12.8 Å². The molecule has 0 spiro atoms. The minimum atomic E-state index is 0.0549. The van der Waals surface area contributed by atoms with Crippen LogP contribution in [0.2, 0.25) is 0 Å². The number of aliphatic hydroxyl groups is 1. The third-order valence-corrected chi connectivity index (χ3v) is 2.23. The Kier molecular flexibility index (Phi) is 3.29. The molecule has 1 heterocycles. The van der Waals surface area contributed by atoms with Gasteiger partial charge in [0.15, 0.2) is 0 Å². The Labute approximate surface area is 72.7 Å². The van der Waals surface area contributed by atoms with Crippen molar-refractivity contribution in [3.05, 3.63) is 12.7 Å². The zero-order chi connectivity index (χ0) is 8.97. The Morgan fingerprint density at radius 2 is 2.50 bits per heavy atom. The maximum Gasteiger partial charge on any atom is 0.222 e. The van der Waals surface area contributed by atoms with Crippen LogP contribution in [0, 0.1) is 0 Å². The van der Waals surface area contributed by atoms with Crippen LogP contribution in [0.25, 0.3) is 0 Å². The van der Waals surface area contributed by atoms with Crippen LogP contribution < -0.4 is 0 Å². The first-order valence-corrected chi connectivity index (χ1v) is 4.30. The largest absolute Gasteiger partial charge is 0.395 e. The van der Waals surface area contributed by atoms with Crippen LogP contribution in [0.15, 0.2) is 12.7 Å². The lowest BCUT2D eigenvalue weighted by molar-refractivity contribution is -0.129. The van der Waals surface area contributed by atoms with Crippen molar-refractivity contribution in [2.75, 3.05) is 13.2 Å². The summed E-state index contributed by atoms with van der Waals surface area (Å²) in [6, 6.07) is 0.280. The number of hydrogen-bond acceptors (Lipinski definition) is 2. The molecule has 1 atom stereocenters. The van der Waals surface area contributed by atoms with Crippen LogP contribution in [-0.4, -0.2) is 35.1 Å². The second-order valence-electron chi connectivity index (χ2n) is 3.03. The molecule has 3 heteroatoms. The fourth-order valence-corrected chi connectivity index (χ4v) is 1.65. The second-order valence-corrected chi connectivity index (χ2v) is 3.03. The van der Waals surface area contributed by atoms with Crippen LogP contribution >= 0.6 is 0 Å². The zero-order valence-electron chi connectivity index (χ0n) is 7.20. The highest BCUT2D eigenvalue weighted by molar-refractivity contribution is 5.78. The van der Waals surface area contributed by atoms with E-state index in [0.29, 0.717) is 13.0 Å². The maximum absolute atomic E-state index is 11.2. The van der Waals surface area contributed by atoms with Crippen LogP contribution in [0.4, 0.5) is 0 Å². The van der Waals surface area contributed by atoms with Gasteiger partial charge in [0.1, 0.15) is 0 Å². The average molecular weight is 169 g/mol. The molecule has 0 bridgehead atoms. The Morgan fingerprint density at radius 3 is 3.08 bits per heavy atom. The molecule has 1 N–H and O–H groups in total. The molecule has 0 saturated carbocycles. The smallest absolute Gasteiger partial charge is 0.222 e. The molecular weight excluding hydrogens is 154 g/mol. The van der Waals surface area contributed by atoms with Crippen LogP contribution in [0.3, 0.4) is 0 Å². The number of rotatable bonds is 4. The summed E-state index contributed by atoms with van der Waals surface area (Å²) in [5.74, 6) is 0.163. The lowest BCUT2D eigenvalue weighted by Gasteiger charge is -2.22. The highest BCUT2D eigenvalue weighted by atomic mass is 16.3. The van der Waals surface area contributed by atoms with E-state index in [1.807, 2.05) is 6.08 Å². The van der Waals surface area contributed by atoms with Gasteiger partial charge in [0.2, 0.25) is 5.91 Å². The highest BCUT2D eigenvalue weighted by Crippen LogP contribution is 2.20. The molecular formula is C9H15NO2. The summed E-state index contributed by atoms with van der Waals surface area (Å²) in [7, 11) is 0. The molecule has 1 saturated heterocycles. The van der Waals surface area contributed by atoms with Crippen molar-refractivity contribution < 1.29 is 9.90 Å². The molecule has 0 aromatic heterocycles. The van der Waals surface area contributed by atoms with Crippen molar-refractivity contribution in [2.24, 2.45) is 0 Å². The first-order chi connectivity index (χ1) is 5.79. The van der Waals surface area contributed by atoms with Gasteiger partial charge in [-0.05, 0) is 12.8 Å². The van der Waals surface area contributed by atoms with E-state index in [-0.39, 0.29) is 18.6 Å². The fraction of sp³-hybridized carbons (Fsp3) is 0.667. The van der Waals surface area contributed by atoms with E-state index in [9.17, 15) is 4.79 Å². The SMILES string of the molecule is C=CCC1CCC(=O)N1CCO. The van der Waals surface area contributed by atoms with Gasteiger partial charge in [0.25, 0.3) is 0 Å². The van der Waals surface area contributed by atoms with Crippen LogP contribution in [0.1, 0.15) is 19.3 Å². The predicted octanol–water partition coefficient (Wildman–Crippen LogP) is 0.546. The van der Waals surface area contributed by atoms with E-state index < -0.39 is 0 Å². The monoisotopic (exact) mass is 169 g/mol. The fourth-order valence-electron chi connectivity index (χ4n) is 1.65. The maximum atomic E-state index is 11.2. The molecule has 1 rings (SSSR count). The van der Waals surface area contributed by atoms with Gasteiger partial charge in [-0.1, -0.05) is 6.08 Å². The van der Waals surface area contributed by atoms with Gasteiger partial charge >= 0.3 is 0 Å². The van der Waals surface area contributed by atoms with E-state index in [2.05, 4.69) is 6.58 Å². The number of carbonyl (C=O) groups is 1. The van der Waals surface area contributed by atoms with E-state index in [4.69, 9.17) is 5.11 Å². The topological polar surface area (TPSA) is 40.5 Å². The molecule has 1 aliphatic rings. The Hall–Kier alpha value is -0.830. The lowest BCUT2D eigenvalue weighted by atomic mass is 10.1. The second kappa shape index (κ2) is 4.26. The van der Waals surface area contributed by atoms with E-state index >= 15 is 0 Å². The first-order valence-electron chi connectivity index (χ1n) is 4.30. The van der Waals surface area contributed by atoms with Crippen LogP contribution in [-0.2, 0) is 4.79 Å². The van der Waals surface area contributed by atoms with Crippen molar-refractivity contribution >= 4 is 5.91 Å². The molecule has 68 valence electrons. The first kappa shape index (κ1) is 9.26. The summed E-state index contributed by atoms with van der Waals surface area (Å²) in [5.41, 5.74) is 0. The number of carbonyl (C=O) groups excluding carboxylic acids is 1. The molecule has 0 aromatic rings. The number of amides is 1. The summed E-state index contributed by atoms with van der Waals surface area (Å²) >= 11 is 0. The molecule has 0 aliphatic carbocycles. The van der Waals surface area contributed by atoms with Gasteiger partial charge in [-0.15, -0.1) is 6.58 Å². The Balaban J connectivity index is 2.50. The molecule has 12 heavy (non-hydrogen) atoms. The quantitative estimate of drug-likeness (QED) is 0.624. The predicted molar refractivity (Wildman–Crippen MR) is 46.6 cm³/mol. The minimum Gasteiger partial charge on any atom is -0.395 e. The molecule has 0 aromatic carbocycles. The van der Waals surface area contributed by atoms with Gasteiger partial charge in [-0.25, -0.2) is 0 Å². The van der Waals surface area contributed by atoms with Crippen molar-refractivity contribution in [1.82, 2.24) is 4.90 Å². The highest BCUT2D eigenvalue weighted by Gasteiger charge is 2.28. The molecule has 1 unspecified atom stereocenters.